The maximum atomic E-state index is 13.6. The Hall–Kier alpha value is -0.600. The zero-order valence-corrected chi connectivity index (χ0v) is 11.0. The van der Waals surface area contributed by atoms with Crippen molar-refractivity contribution in [3.63, 3.8) is 0 Å². The lowest BCUT2D eigenvalue weighted by molar-refractivity contribution is -0.590. The zero-order valence-electron chi connectivity index (χ0n) is 11.0. The van der Waals surface area contributed by atoms with E-state index in [0.717, 1.165) is 12.8 Å². The van der Waals surface area contributed by atoms with Gasteiger partial charge in [-0.25, -0.2) is 0 Å². The summed E-state index contributed by atoms with van der Waals surface area (Å²) in [5.74, 6) is -16.5. The van der Waals surface area contributed by atoms with E-state index in [9.17, 15) is 35.1 Å². The molecule has 0 spiro atoms. The summed E-state index contributed by atoms with van der Waals surface area (Å²) in [5.41, 5.74) is 2.24. The molecule has 0 radical (unpaired) electrons. The molecule has 20 heavy (non-hydrogen) atoms. The molecule has 0 bridgehead atoms. The van der Waals surface area contributed by atoms with Crippen LogP contribution in [0.2, 0.25) is 0 Å². The predicted molar refractivity (Wildman–Crippen MR) is 56.1 cm³/mol. The molecule has 0 aliphatic carbocycles. The summed E-state index contributed by atoms with van der Waals surface area (Å²) in [4.78, 5) is 0. The molecule has 0 saturated heterocycles. The molecule has 0 fully saturated rings. The number of quaternary nitrogens is 1. The van der Waals surface area contributed by atoms with E-state index in [2.05, 4.69) is 5.73 Å². The summed E-state index contributed by atoms with van der Waals surface area (Å²) in [6, 6.07) is 0. The van der Waals surface area contributed by atoms with E-state index in [1.165, 1.54) is 0 Å². The molecule has 3 N–H and O–H groups in total. The molecule has 0 heterocycles. The molecule has 1 unspecified atom stereocenters. The van der Waals surface area contributed by atoms with Crippen LogP contribution in [0.25, 0.3) is 0 Å². The Bertz CT molecular complexity index is 297. The largest absolute Gasteiger partial charge is 0.460 e. The molecule has 0 aromatic carbocycles. The average Bonchev–Trinajstić information content (AvgIpc) is 2.26. The number of hydrogen-bond donors (Lipinski definition) is 1. The van der Waals surface area contributed by atoms with E-state index in [-0.39, 0.29) is 12.8 Å². The van der Waals surface area contributed by atoms with Crippen molar-refractivity contribution in [1.82, 2.24) is 0 Å². The molecule has 0 aliphatic heterocycles. The summed E-state index contributed by atoms with van der Waals surface area (Å²) >= 11 is 0. The van der Waals surface area contributed by atoms with Gasteiger partial charge in [-0.1, -0.05) is 32.6 Å². The van der Waals surface area contributed by atoms with E-state index in [4.69, 9.17) is 0 Å². The van der Waals surface area contributed by atoms with Crippen molar-refractivity contribution in [2.24, 2.45) is 0 Å². The van der Waals surface area contributed by atoms with Crippen LogP contribution in [0.5, 0.6) is 0 Å². The van der Waals surface area contributed by atoms with Crippen LogP contribution < -0.4 is 5.73 Å². The lowest BCUT2D eigenvalue weighted by Gasteiger charge is -2.33. The van der Waals surface area contributed by atoms with E-state index in [1.807, 2.05) is 6.92 Å². The molecule has 0 aromatic rings. The number of hydrogen-bond acceptors (Lipinski definition) is 0. The third kappa shape index (κ3) is 3.95. The maximum Gasteiger partial charge on any atom is 0.460 e. The first kappa shape index (κ1) is 19.4. The molecule has 0 saturated carbocycles. The van der Waals surface area contributed by atoms with E-state index in [0.29, 0.717) is 6.42 Å². The van der Waals surface area contributed by atoms with Gasteiger partial charge >= 0.3 is 23.8 Å². The molecule has 0 rings (SSSR count). The minimum Gasteiger partial charge on any atom is -0.321 e. The summed E-state index contributed by atoms with van der Waals surface area (Å²) < 4.78 is 101. The van der Waals surface area contributed by atoms with Gasteiger partial charge < -0.3 is 5.73 Å². The third-order valence-electron chi connectivity index (χ3n) is 2.99. The Balaban J connectivity index is 4.81. The Kier molecular flexibility index (Phi) is 6.25. The second-order valence-electron chi connectivity index (χ2n) is 4.78. The highest BCUT2D eigenvalue weighted by molar-refractivity contribution is 4.99. The van der Waals surface area contributed by atoms with Crippen LogP contribution in [-0.2, 0) is 0 Å². The van der Waals surface area contributed by atoms with Gasteiger partial charge in [-0.05, 0) is 6.42 Å². The van der Waals surface area contributed by atoms with Crippen LogP contribution in [0.4, 0.5) is 35.1 Å². The SMILES string of the molecule is CCCCCCCC([NH3+])(F)C(F)(F)C(F)(F)C(F)(F)F. The standard InChI is InChI=1S/C11H17F8N/c1-2-3-4-5-6-7-8(12,20)9(13,14)10(15,16)11(17,18)19/h2-7,20H2,1H3/p+1. The number of alkyl halides is 8. The van der Waals surface area contributed by atoms with Gasteiger partial charge in [0.15, 0.2) is 0 Å². The number of unbranched alkanes of at least 4 members (excludes halogenated alkanes) is 4. The Morgan fingerprint density at radius 3 is 1.55 bits per heavy atom. The van der Waals surface area contributed by atoms with Crippen molar-refractivity contribution < 1.29 is 40.9 Å². The van der Waals surface area contributed by atoms with Gasteiger partial charge in [0.2, 0.25) is 0 Å². The minimum absolute atomic E-state index is 0.233. The molecular weight excluding hydrogens is 298 g/mol. The van der Waals surface area contributed by atoms with Crippen LogP contribution in [0.1, 0.15) is 45.4 Å². The zero-order chi connectivity index (χ0) is 16.2. The van der Waals surface area contributed by atoms with Crippen LogP contribution in [-0.4, -0.2) is 23.8 Å². The van der Waals surface area contributed by atoms with Crippen molar-refractivity contribution in [1.29, 1.82) is 0 Å². The summed E-state index contributed by atoms with van der Waals surface area (Å²) in [7, 11) is 0. The number of rotatable bonds is 8. The maximum absolute atomic E-state index is 13.6. The lowest BCUT2D eigenvalue weighted by atomic mass is 9.95. The van der Waals surface area contributed by atoms with Crippen molar-refractivity contribution in [2.45, 2.75) is 69.3 Å². The fourth-order valence-electron chi connectivity index (χ4n) is 1.63. The molecule has 0 aromatic heterocycles. The van der Waals surface area contributed by atoms with Crippen LogP contribution in [0, 0.1) is 0 Å². The highest BCUT2D eigenvalue weighted by atomic mass is 19.4. The summed E-state index contributed by atoms with van der Waals surface area (Å²) in [5, 5.41) is 0. The van der Waals surface area contributed by atoms with Gasteiger partial charge in [0.05, 0.1) is 0 Å². The fourth-order valence-corrected chi connectivity index (χ4v) is 1.63. The quantitative estimate of drug-likeness (QED) is 0.397. The Morgan fingerprint density at radius 1 is 0.700 bits per heavy atom. The first-order valence-corrected chi connectivity index (χ1v) is 6.18. The second-order valence-corrected chi connectivity index (χ2v) is 4.78. The normalized spacial score (nSPS) is 17.1. The van der Waals surface area contributed by atoms with Gasteiger partial charge in [-0.2, -0.15) is 35.1 Å². The van der Waals surface area contributed by atoms with Crippen molar-refractivity contribution >= 4 is 0 Å². The van der Waals surface area contributed by atoms with E-state index in [1.54, 1.807) is 0 Å². The van der Waals surface area contributed by atoms with Gasteiger partial charge in [-0.3, -0.25) is 0 Å². The van der Waals surface area contributed by atoms with Crippen molar-refractivity contribution in [3.05, 3.63) is 0 Å². The Labute approximate surface area is 111 Å². The fraction of sp³-hybridized carbons (Fsp3) is 1.00. The van der Waals surface area contributed by atoms with Gasteiger partial charge in [-0.15, -0.1) is 0 Å². The molecule has 0 aliphatic rings. The monoisotopic (exact) mass is 316 g/mol. The predicted octanol–water partition coefficient (Wildman–Crippen LogP) is 4.09. The van der Waals surface area contributed by atoms with Crippen molar-refractivity contribution in [3.8, 4) is 0 Å². The van der Waals surface area contributed by atoms with E-state index < -0.39 is 30.2 Å². The molecular formula is C11H18F8N+. The van der Waals surface area contributed by atoms with Gasteiger partial charge in [0, 0.05) is 6.42 Å². The molecule has 122 valence electrons. The number of halogens is 8. The topological polar surface area (TPSA) is 27.6 Å². The minimum atomic E-state index is -6.53. The van der Waals surface area contributed by atoms with Gasteiger partial charge in [0.25, 0.3) is 0 Å². The van der Waals surface area contributed by atoms with Crippen LogP contribution in [0.15, 0.2) is 0 Å². The first-order valence-electron chi connectivity index (χ1n) is 6.18. The highest BCUT2D eigenvalue weighted by Gasteiger charge is 2.81. The van der Waals surface area contributed by atoms with Crippen molar-refractivity contribution in [2.75, 3.05) is 0 Å². The second kappa shape index (κ2) is 6.44. The molecule has 1 atom stereocenters. The molecule has 0 amide bonds. The lowest BCUT2D eigenvalue weighted by Crippen LogP contribution is -2.82. The third-order valence-corrected chi connectivity index (χ3v) is 2.99. The summed E-state index contributed by atoms with van der Waals surface area (Å²) in [6.45, 7) is 1.86. The van der Waals surface area contributed by atoms with Gasteiger partial charge in [0.1, 0.15) is 0 Å². The molecule has 1 nitrogen and oxygen atoms in total. The highest BCUT2D eigenvalue weighted by Crippen LogP contribution is 2.51. The van der Waals surface area contributed by atoms with E-state index >= 15 is 0 Å². The smallest absolute Gasteiger partial charge is 0.321 e. The van der Waals surface area contributed by atoms with Crippen LogP contribution >= 0.6 is 0 Å². The summed E-state index contributed by atoms with van der Waals surface area (Å²) in [6.07, 6.45) is -5.54. The Morgan fingerprint density at radius 2 is 1.15 bits per heavy atom. The van der Waals surface area contributed by atoms with Crippen LogP contribution in [0.3, 0.4) is 0 Å². The average molecular weight is 316 g/mol. The first-order chi connectivity index (χ1) is 8.81. The molecule has 9 heteroatoms.